The molecule has 1 aliphatic rings. The maximum atomic E-state index is 12.1. The van der Waals surface area contributed by atoms with E-state index in [9.17, 15) is 9.59 Å². The maximum Gasteiger partial charge on any atom is 0.243 e. The minimum atomic E-state index is -0.271. The summed E-state index contributed by atoms with van der Waals surface area (Å²) in [5.74, 6) is -0.206. The molecule has 22 heavy (non-hydrogen) atoms. The molecule has 0 unspecified atom stereocenters. The second-order valence-electron chi connectivity index (χ2n) is 6.48. The van der Waals surface area contributed by atoms with E-state index in [1.165, 1.54) is 5.01 Å². The number of carbonyl (C=O) groups is 2. The van der Waals surface area contributed by atoms with E-state index in [2.05, 4.69) is 10.4 Å². The molecule has 0 saturated carbocycles. The lowest BCUT2D eigenvalue weighted by atomic mass is 10.1. The van der Waals surface area contributed by atoms with Crippen LogP contribution in [0.1, 0.15) is 45.6 Å². The summed E-state index contributed by atoms with van der Waals surface area (Å²) in [6.07, 6.45) is 1.14. The number of rotatable bonds is 4. The summed E-state index contributed by atoms with van der Waals surface area (Å²) in [7, 11) is 0. The van der Waals surface area contributed by atoms with Crippen LogP contribution < -0.4 is 5.32 Å². The standard InChI is InChI=1S/C17H23N3O2/c1-17(2,3)18-15(21)9-10-16(22)20-12-11-14(19-20)13-7-5-4-6-8-13/h4-8H,9-12H2,1-3H3,(H,18,21). The molecule has 0 bridgehead atoms. The van der Waals surface area contributed by atoms with Crippen LogP contribution in [0.3, 0.4) is 0 Å². The van der Waals surface area contributed by atoms with Gasteiger partial charge < -0.3 is 5.32 Å². The lowest BCUT2D eigenvalue weighted by Crippen LogP contribution is -2.41. The average molecular weight is 301 g/mol. The molecule has 5 heteroatoms. The first-order chi connectivity index (χ1) is 10.3. The van der Waals surface area contributed by atoms with Gasteiger partial charge in [-0.2, -0.15) is 5.10 Å². The van der Waals surface area contributed by atoms with Gasteiger partial charge in [0.25, 0.3) is 0 Å². The Kier molecular flexibility index (Phi) is 4.96. The molecule has 5 nitrogen and oxygen atoms in total. The smallest absolute Gasteiger partial charge is 0.243 e. The molecule has 0 fully saturated rings. The molecule has 2 rings (SSSR count). The lowest BCUT2D eigenvalue weighted by molar-refractivity contribution is -0.133. The van der Waals surface area contributed by atoms with Crippen LogP contribution in [0.4, 0.5) is 0 Å². The molecule has 1 N–H and O–H groups in total. The second kappa shape index (κ2) is 6.73. The number of nitrogens with zero attached hydrogens (tertiary/aromatic N) is 2. The molecular weight excluding hydrogens is 278 g/mol. The third-order valence-corrected chi connectivity index (χ3v) is 3.28. The Labute approximate surface area is 131 Å². The summed E-state index contributed by atoms with van der Waals surface area (Å²) in [6, 6.07) is 9.85. The molecule has 2 amide bonds. The van der Waals surface area contributed by atoms with Crippen molar-refractivity contribution in [1.82, 2.24) is 10.3 Å². The summed E-state index contributed by atoms with van der Waals surface area (Å²) >= 11 is 0. The van der Waals surface area contributed by atoms with Crippen LogP contribution in [0.2, 0.25) is 0 Å². The Balaban J connectivity index is 1.87. The van der Waals surface area contributed by atoms with Crippen LogP contribution in [0, 0.1) is 0 Å². The van der Waals surface area contributed by atoms with Crippen LogP contribution in [-0.4, -0.2) is 34.6 Å². The van der Waals surface area contributed by atoms with Crippen molar-refractivity contribution in [2.45, 2.75) is 45.6 Å². The summed E-state index contributed by atoms with van der Waals surface area (Å²) < 4.78 is 0. The zero-order valence-corrected chi connectivity index (χ0v) is 13.4. The van der Waals surface area contributed by atoms with Gasteiger partial charge in [-0.3, -0.25) is 9.59 Å². The molecule has 1 heterocycles. The minimum absolute atomic E-state index is 0.102. The van der Waals surface area contributed by atoms with E-state index in [-0.39, 0.29) is 30.2 Å². The Morgan fingerprint density at radius 3 is 2.50 bits per heavy atom. The summed E-state index contributed by atoms with van der Waals surface area (Å²) in [4.78, 5) is 23.9. The van der Waals surface area contributed by atoms with E-state index in [4.69, 9.17) is 0 Å². The average Bonchev–Trinajstić information content (AvgIpc) is 2.94. The van der Waals surface area contributed by atoms with E-state index in [0.29, 0.717) is 6.54 Å². The zero-order chi connectivity index (χ0) is 16.2. The number of nitrogens with one attached hydrogen (secondary N) is 1. The lowest BCUT2D eigenvalue weighted by Gasteiger charge is -2.20. The molecule has 1 aliphatic heterocycles. The number of carbonyl (C=O) groups excluding carboxylic acids is 2. The molecule has 1 aromatic carbocycles. The van der Waals surface area contributed by atoms with Crippen molar-refractivity contribution in [3.63, 3.8) is 0 Å². The Bertz CT molecular complexity index is 573. The van der Waals surface area contributed by atoms with Crippen molar-refractivity contribution >= 4 is 17.5 Å². The van der Waals surface area contributed by atoms with Gasteiger partial charge in [-0.25, -0.2) is 5.01 Å². The van der Waals surface area contributed by atoms with E-state index >= 15 is 0 Å². The van der Waals surface area contributed by atoms with E-state index < -0.39 is 0 Å². The van der Waals surface area contributed by atoms with E-state index in [0.717, 1.165) is 17.7 Å². The van der Waals surface area contributed by atoms with Crippen molar-refractivity contribution in [2.75, 3.05) is 6.54 Å². The number of hydrazone groups is 1. The molecule has 0 aromatic heterocycles. The first kappa shape index (κ1) is 16.2. The highest BCUT2D eigenvalue weighted by atomic mass is 16.2. The number of hydrogen-bond acceptors (Lipinski definition) is 3. The quantitative estimate of drug-likeness (QED) is 0.927. The molecular formula is C17H23N3O2. The number of hydrogen-bond donors (Lipinski definition) is 1. The topological polar surface area (TPSA) is 61.8 Å². The first-order valence-corrected chi connectivity index (χ1v) is 7.59. The fourth-order valence-corrected chi connectivity index (χ4v) is 2.30. The number of amides is 2. The zero-order valence-electron chi connectivity index (χ0n) is 13.4. The highest BCUT2D eigenvalue weighted by molar-refractivity contribution is 6.02. The van der Waals surface area contributed by atoms with Gasteiger partial charge in [-0.15, -0.1) is 0 Å². The Hall–Kier alpha value is -2.17. The van der Waals surface area contributed by atoms with Crippen LogP contribution in [0.5, 0.6) is 0 Å². The molecule has 0 radical (unpaired) electrons. The summed E-state index contributed by atoms with van der Waals surface area (Å²) in [6.45, 7) is 6.35. The maximum absolute atomic E-state index is 12.1. The van der Waals surface area contributed by atoms with Crippen molar-refractivity contribution < 1.29 is 9.59 Å². The normalized spacial score (nSPS) is 14.7. The van der Waals surface area contributed by atoms with Crippen molar-refractivity contribution in [3.8, 4) is 0 Å². The predicted molar refractivity (Wildman–Crippen MR) is 86.4 cm³/mol. The third kappa shape index (κ3) is 4.69. The van der Waals surface area contributed by atoms with E-state index in [1.54, 1.807) is 0 Å². The van der Waals surface area contributed by atoms with Crippen molar-refractivity contribution in [2.24, 2.45) is 5.10 Å². The van der Waals surface area contributed by atoms with Gasteiger partial charge in [0.15, 0.2) is 0 Å². The highest BCUT2D eigenvalue weighted by Gasteiger charge is 2.22. The molecule has 0 saturated heterocycles. The Morgan fingerprint density at radius 2 is 1.86 bits per heavy atom. The summed E-state index contributed by atoms with van der Waals surface area (Å²) in [5, 5.41) is 8.71. The van der Waals surface area contributed by atoms with Gasteiger partial charge in [0.1, 0.15) is 0 Å². The van der Waals surface area contributed by atoms with Gasteiger partial charge in [0.05, 0.1) is 12.3 Å². The van der Waals surface area contributed by atoms with Crippen molar-refractivity contribution in [1.29, 1.82) is 0 Å². The third-order valence-electron chi connectivity index (χ3n) is 3.28. The molecule has 0 aliphatic carbocycles. The fraction of sp³-hybridized carbons (Fsp3) is 0.471. The van der Waals surface area contributed by atoms with Gasteiger partial charge in [0.2, 0.25) is 11.8 Å². The largest absolute Gasteiger partial charge is 0.351 e. The Morgan fingerprint density at radius 1 is 1.18 bits per heavy atom. The van der Waals surface area contributed by atoms with Gasteiger partial charge in [0, 0.05) is 24.8 Å². The second-order valence-corrected chi connectivity index (χ2v) is 6.48. The minimum Gasteiger partial charge on any atom is -0.351 e. The van der Waals surface area contributed by atoms with Gasteiger partial charge in [-0.05, 0) is 26.3 Å². The van der Waals surface area contributed by atoms with Crippen molar-refractivity contribution in [3.05, 3.63) is 35.9 Å². The number of benzene rings is 1. The molecule has 0 spiro atoms. The van der Waals surface area contributed by atoms with E-state index in [1.807, 2.05) is 51.1 Å². The molecule has 1 aromatic rings. The van der Waals surface area contributed by atoms with Crippen LogP contribution >= 0.6 is 0 Å². The summed E-state index contributed by atoms with van der Waals surface area (Å²) in [5.41, 5.74) is 1.70. The van der Waals surface area contributed by atoms with Crippen LogP contribution in [-0.2, 0) is 9.59 Å². The van der Waals surface area contributed by atoms with Gasteiger partial charge in [-0.1, -0.05) is 30.3 Å². The highest BCUT2D eigenvalue weighted by Crippen LogP contribution is 2.15. The SMILES string of the molecule is CC(C)(C)NC(=O)CCC(=O)N1CCC(c2ccccc2)=N1. The predicted octanol–water partition coefficient (Wildman–Crippen LogP) is 2.32. The molecule has 0 atom stereocenters. The first-order valence-electron chi connectivity index (χ1n) is 7.59. The monoisotopic (exact) mass is 301 g/mol. The fourth-order valence-electron chi connectivity index (χ4n) is 2.30. The van der Waals surface area contributed by atoms with Crippen LogP contribution in [0.25, 0.3) is 0 Å². The van der Waals surface area contributed by atoms with Gasteiger partial charge >= 0.3 is 0 Å². The molecule has 118 valence electrons. The van der Waals surface area contributed by atoms with Crippen LogP contribution in [0.15, 0.2) is 35.4 Å².